The van der Waals surface area contributed by atoms with E-state index in [1.165, 1.54) is 16.2 Å². The lowest BCUT2D eigenvalue weighted by Gasteiger charge is -2.14. The average molecular weight is 372 g/mol. The van der Waals surface area contributed by atoms with Crippen molar-refractivity contribution in [2.45, 2.75) is 13.3 Å². The topological polar surface area (TPSA) is 79.6 Å². The molecular formula is C19H20N2O4S. The number of benzene rings is 1. The van der Waals surface area contributed by atoms with Crippen LogP contribution in [0.25, 0.3) is 11.1 Å². The summed E-state index contributed by atoms with van der Waals surface area (Å²) in [5, 5.41) is 8.54. The second-order valence-electron chi connectivity index (χ2n) is 5.61. The van der Waals surface area contributed by atoms with Gasteiger partial charge in [-0.2, -0.15) is 5.26 Å². The molecule has 0 aliphatic heterocycles. The van der Waals surface area contributed by atoms with Gasteiger partial charge in [-0.15, -0.1) is 11.3 Å². The van der Waals surface area contributed by atoms with E-state index in [0.29, 0.717) is 11.4 Å². The van der Waals surface area contributed by atoms with Gasteiger partial charge >= 0.3 is 5.97 Å². The summed E-state index contributed by atoms with van der Waals surface area (Å²) >= 11 is 1.33. The van der Waals surface area contributed by atoms with Crippen molar-refractivity contribution in [2.75, 3.05) is 27.3 Å². The van der Waals surface area contributed by atoms with Crippen LogP contribution in [0.2, 0.25) is 0 Å². The summed E-state index contributed by atoms with van der Waals surface area (Å²) in [4.78, 5) is 26.9. The highest BCUT2D eigenvalue weighted by molar-refractivity contribution is 7.14. The molecule has 0 aliphatic carbocycles. The van der Waals surface area contributed by atoms with Gasteiger partial charge in [0.2, 0.25) is 0 Å². The first kappa shape index (κ1) is 19.5. The fraction of sp³-hybridized carbons (Fsp3) is 0.316. The number of likely N-dealkylation sites (N-methyl/N-ethyl adjacent to an activating group) is 1. The molecule has 2 rings (SSSR count). The lowest BCUT2D eigenvalue weighted by molar-refractivity contribution is -0.133. The fourth-order valence-electron chi connectivity index (χ4n) is 2.29. The molecule has 0 bridgehead atoms. The van der Waals surface area contributed by atoms with Crippen LogP contribution < -0.4 is 4.74 Å². The Morgan fingerprint density at radius 1 is 1.27 bits per heavy atom. The third kappa shape index (κ3) is 4.83. The molecular weight excluding hydrogens is 352 g/mol. The third-order valence-corrected chi connectivity index (χ3v) is 4.86. The van der Waals surface area contributed by atoms with Gasteiger partial charge < -0.3 is 14.4 Å². The van der Waals surface area contributed by atoms with Crippen molar-refractivity contribution in [3.63, 3.8) is 0 Å². The maximum Gasteiger partial charge on any atom is 0.348 e. The van der Waals surface area contributed by atoms with Crippen LogP contribution >= 0.6 is 11.3 Å². The Bertz CT molecular complexity index is 821. The number of amides is 1. The van der Waals surface area contributed by atoms with Crippen LogP contribution in [-0.2, 0) is 9.53 Å². The van der Waals surface area contributed by atoms with Crippen molar-refractivity contribution < 1.29 is 19.1 Å². The molecule has 26 heavy (non-hydrogen) atoms. The molecule has 0 atom stereocenters. The Morgan fingerprint density at radius 3 is 2.58 bits per heavy atom. The first-order chi connectivity index (χ1) is 12.5. The SMILES string of the molecule is COc1ccc(-c2cc(C(=O)OCC(=O)N(C)CCC#N)sc2C)cc1. The lowest BCUT2D eigenvalue weighted by Crippen LogP contribution is -2.31. The number of ether oxygens (including phenoxy) is 2. The number of nitrogens with zero attached hydrogens (tertiary/aromatic N) is 2. The monoisotopic (exact) mass is 372 g/mol. The number of aryl methyl sites for hydroxylation is 1. The molecule has 0 fully saturated rings. The summed E-state index contributed by atoms with van der Waals surface area (Å²) in [7, 11) is 3.18. The molecule has 0 unspecified atom stereocenters. The molecule has 2 aromatic rings. The van der Waals surface area contributed by atoms with Crippen LogP contribution in [0.4, 0.5) is 0 Å². The van der Waals surface area contributed by atoms with E-state index in [1.54, 1.807) is 20.2 Å². The normalized spacial score (nSPS) is 10.1. The Balaban J connectivity index is 2.02. The number of carbonyl (C=O) groups is 2. The zero-order valence-corrected chi connectivity index (χ0v) is 15.8. The van der Waals surface area contributed by atoms with E-state index in [1.807, 2.05) is 37.3 Å². The first-order valence-corrected chi connectivity index (χ1v) is 8.80. The number of carbonyl (C=O) groups excluding carboxylic acids is 2. The van der Waals surface area contributed by atoms with Crippen LogP contribution in [0.1, 0.15) is 21.0 Å². The van der Waals surface area contributed by atoms with E-state index in [2.05, 4.69) is 0 Å². The number of hydrogen-bond acceptors (Lipinski definition) is 6. The first-order valence-electron chi connectivity index (χ1n) is 7.99. The smallest absolute Gasteiger partial charge is 0.348 e. The molecule has 1 heterocycles. The minimum absolute atomic E-state index is 0.242. The van der Waals surface area contributed by atoms with E-state index in [4.69, 9.17) is 14.7 Å². The number of rotatable bonds is 7. The van der Waals surface area contributed by atoms with Gasteiger partial charge in [0.05, 0.1) is 19.6 Å². The second-order valence-corrected chi connectivity index (χ2v) is 6.86. The van der Waals surface area contributed by atoms with E-state index < -0.39 is 5.97 Å². The quantitative estimate of drug-likeness (QED) is 0.697. The predicted octanol–water partition coefficient (Wildman–Crippen LogP) is 3.26. The summed E-state index contributed by atoms with van der Waals surface area (Å²) in [6.45, 7) is 1.91. The van der Waals surface area contributed by atoms with Gasteiger partial charge in [0.25, 0.3) is 5.91 Å². The van der Waals surface area contributed by atoms with E-state index in [-0.39, 0.29) is 18.9 Å². The molecule has 1 aromatic heterocycles. The number of nitriles is 1. The van der Waals surface area contributed by atoms with Gasteiger partial charge in [-0.3, -0.25) is 4.79 Å². The Morgan fingerprint density at radius 2 is 1.96 bits per heavy atom. The predicted molar refractivity (Wildman–Crippen MR) is 99.2 cm³/mol. The molecule has 136 valence electrons. The summed E-state index contributed by atoms with van der Waals surface area (Å²) < 4.78 is 10.3. The standard InChI is InChI=1S/C19H20N2O4S/c1-13-16(14-5-7-15(24-3)8-6-14)11-17(26-13)19(23)25-12-18(22)21(2)10-4-9-20/h5-8,11H,4,10,12H2,1-3H3. The van der Waals surface area contributed by atoms with Crippen LogP contribution in [0.3, 0.4) is 0 Å². The van der Waals surface area contributed by atoms with Crippen molar-refractivity contribution in [2.24, 2.45) is 0 Å². The zero-order valence-electron chi connectivity index (χ0n) is 14.9. The molecule has 7 heteroatoms. The maximum absolute atomic E-state index is 12.2. The maximum atomic E-state index is 12.2. The molecule has 6 nitrogen and oxygen atoms in total. The summed E-state index contributed by atoms with van der Waals surface area (Å²) in [5.41, 5.74) is 1.92. The van der Waals surface area contributed by atoms with Crippen molar-refractivity contribution in [3.8, 4) is 22.9 Å². The van der Waals surface area contributed by atoms with Crippen LogP contribution in [0.15, 0.2) is 30.3 Å². The van der Waals surface area contributed by atoms with Crippen molar-refractivity contribution >= 4 is 23.2 Å². The van der Waals surface area contributed by atoms with Gasteiger partial charge in [-0.25, -0.2) is 4.79 Å². The van der Waals surface area contributed by atoms with Gasteiger partial charge in [0.1, 0.15) is 10.6 Å². The Kier molecular flexibility index (Phi) is 6.75. The summed E-state index contributed by atoms with van der Waals surface area (Å²) in [5.74, 6) is -0.0996. The van der Waals surface area contributed by atoms with Gasteiger partial charge in [-0.1, -0.05) is 12.1 Å². The molecule has 0 N–H and O–H groups in total. The summed E-state index contributed by atoms with van der Waals surface area (Å²) in [6.07, 6.45) is 0.242. The number of hydrogen-bond donors (Lipinski definition) is 0. The fourth-order valence-corrected chi connectivity index (χ4v) is 3.23. The highest BCUT2D eigenvalue weighted by Crippen LogP contribution is 2.32. The highest BCUT2D eigenvalue weighted by atomic mass is 32.1. The van der Waals surface area contributed by atoms with E-state index >= 15 is 0 Å². The van der Waals surface area contributed by atoms with E-state index in [9.17, 15) is 9.59 Å². The van der Waals surface area contributed by atoms with Crippen molar-refractivity contribution in [1.29, 1.82) is 5.26 Å². The van der Waals surface area contributed by atoms with E-state index in [0.717, 1.165) is 21.8 Å². The van der Waals surface area contributed by atoms with Gasteiger partial charge in [0.15, 0.2) is 6.61 Å². The van der Waals surface area contributed by atoms with Gasteiger partial charge in [0, 0.05) is 18.5 Å². The molecule has 0 saturated heterocycles. The molecule has 1 aromatic carbocycles. The summed E-state index contributed by atoms with van der Waals surface area (Å²) in [6, 6.07) is 11.3. The molecule has 0 aliphatic rings. The molecule has 1 amide bonds. The second kappa shape index (κ2) is 9.02. The number of esters is 1. The number of thiophene rings is 1. The largest absolute Gasteiger partial charge is 0.497 e. The van der Waals surface area contributed by atoms with Crippen LogP contribution in [-0.4, -0.2) is 44.1 Å². The van der Waals surface area contributed by atoms with Crippen molar-refractivity contribution in [3.05, 3.63) is 40.1 Å². The minimum atomic E-state index is -0.528. The molecule has 0 radical (unpaired) electrons. The molecule has 0 saturated carbocycles. The Labute approximate surface area is 156 Å². The van der Waals surface area contributed by atoms with Crippen LogP contribution in [0.5, 0.6) is 5.75 Å². The average Bonchev–Trinajstić information content (AvgIpc) is 3.05. The van der Waals surface area contributed by atoms with Gasteiger partial charge in [-0.05, 0) is 36.2 Å². The molecule has 0 spiro atoms. The van der Waals surface area contributed by atoms with Crippen LogP contribution in [0, 0.1) is 18.3 Å². The van der Waals surface area contributed by atoms with Crippen molar-refractivity contribution in [1.82, 2.24) is 4.90 Å². The number of methoxy groups -OCH3 is 1. The minimum Gasteiger partial charge on any atom is -0.497 e. The Hall–Kier alpha value is -2.85. The highest BCUT2D eigenvalue weighted by Gasteiger charge is 2.17. The zero-order chi connectivity index (χ0) is 19.1. The third-order valence-electron chi connectivity index (χ3n) is 3.83. The lowest BCUT2D eigenvalue weighted by atomic mass is 10.1.